The molecule has 0 aliphatic heterocycles. The molecule has 0 spiro atoms. The number of anilines is 3. The Morgan fingerprint density at radius 1 is 0.357 bits per heavy atom. The topological polar surface area (TPSA) is 8.17 Å². The largest absolute Gasteiger partial charge is 0.310 e. The van der Waals surface area contributed by atoms with Crippen molar-refractivity contribution < 1.29 is 0 Å². The van der Waals surface area contributed by atoms with Gasteiger partial charge < -0.3 is 9.47 Å². The van der Waals surface area contributed by atoms with Crippen molar-refractivity contribution >= 4 is 38.9 Å². The van der Waals surface area contributed by atoms with E-state index in [9.17, 15) is 0 Å². The summed E-state index contributed by atoms with van der Waals surface area (Å²) in [7, 11) is 0. The average molecular weight is 719 g/mol. The second kappa shape index (κ2) is 11.9. The predicted molar refractivity (Wildman–Crippen MR) is 236 cm³/mol. The van der Waals surface area contributed by atoms with Crippen LogP contribution in [0.15, 0.2) is 182 Å². The van der Waals surface area contributed by atoms with Crippen molar-refractivity contribution in [2.75, 3.05) is 4.90 Å². The van der Waals surface area contributed by atoms with E-state index in [0.29, 0.717) is 0 Å². The lowest BCUT2D eigenvalue weighted by Crippen LogP contribution is -2.16. The summed E-state index contributed by atoms with van der Waals surface area (Å²) < 4.78 is 2.46. The maximum Gasteiger partial charge on any atom is 0.0544 e. The lowest BCUT2D eigenvalue weighted by molar-refractivity contribution is 0.660. The third kappa shape index (κ3) is 4.69. The van der Waals surface area contributed by atoms with Crippen LogP contribution in [-0.2, 0) is 10.8 Å². The van der Waals surface area contributed by atoms with Gasteiger partial charge in [-0.15, -0.1) is 0 Å². The predicted octanol–water partition coefficient (Wildman–Crippen LogP) is 14.5. The Kier molecular flexibility index (Phi) is 6.98. The third-order valence-corrected chi connectivity index (χ3v) is 12.8. The first-order chi connectivity index (χ1) is 27.3. The van der Waals surface area contributed by atoms with E-state index in [2.05, 4.69) is 219 Å². The smallest absolute Gasteiger partial charge is 0.0544 e. The first-order valence-corrected chi connectivity index (χ1v) is 19.8. The summed E-state index contributed by atoms with van der Waals surface area (Å²) in [6, 6.07) is 67.4. The molecule has 0 unspecified atom stereocenters. The van der Waals surface area contributed by atoms with Crippen LogP contribution in [0.25, 0.3) is 60.9 Å². The Labute approximate surface area is 328 Å². The summed E-state index contributed by atoms with van der Waals surface area (Å²) >= 11 is 0. The van der Waals surface area contributed by atoms with E-state index in [1.807, 2.05) is 0 Å². The van der Waals surface area contributed by atoms with E-state index >= 15 is 0 Å². The van der Waals surface area contributed by atoms with Gasteiger partial charge >= 0.3 is 0 Å². The molecule has 8 aromatic carbocycles. The Balaban J connectivity index is 1.06. The number of aromatic nitrogens is 1. The summed E-state index contributed by atoms with van der Waals surface area (Å²) in [4.78, 5) is 2.41. The zero-order chi connectivity index (χ0) is 37.8. The maximum atomic E-state index is 2.46. The molecular weight excluding hydrogens is 677 g/mol. The van der Waals surface area contributed by atoms with E-state index in [4.69, 9.17) is 0 Å². The molecule has 2 aliphatic carbocycles. The van der Waals surface area contributed by atoms with Crippen LogP contribution in [0.3, 0.4) is 0 Å². The minimum Gasteiger partial charge on any atom is -0.310 e. The molecule has 9 aromatic rings. The Morgan fingerprint density at radius 2 is 0.875 bits per heavy atom. The first-order valence-electron chi connectivity index (χ1n) is 19.8. The SMILES string of the molecule is CC1(C)c2ccccc2-c2ccc(N(c3ccc(-c4ccccc4)cc3)c3ccc(-n4c5ccccc5c5cc6c(cc54)C(C)(C)c4ccccc4-6)cc3)cc21. The van der Waals surface area contributed by atoms with Crippen molar-refractivity contribution in [3.63, 3.8) is 0 Å². The lowest BCUT2D eigenvalue weighted by atomic mass is 9.82. The van der Waals surface area contributed by atoms with Crippen LogP contribution < -0.4 is 4.90 Å². The second-order valence-electron chi connectivity index (χ2n) is 16.6. The Morgan fingerprint density at radius 3 is 1.57 bits per heavy atom. The fraction of sp³-hybridized carbons (Fsp3) is 0.111. The van der Waals surface area contributed by atoms with Gasteiger partial charge in [-0.25, -0.2) is 0 Å². The van der Waals surface area contributed by atoms with Gasteiger partial charge in [0.25, 0.3) is 0 Å². The highest BCUT2D eigenvalue weighted by Crippen LogP contribution is 2.52. The van der Waals surface area contributed by atoms with Crippen LogP contribution in [0.1, 0.15) is 49.9 Å². The van der Waals surface area contributed by atoms with E-state index in [1.54, 1.807) is 0 Å². The van der Waals surface area contributed by atoms with Gasteiger partial charge in [0.05, 0.1) is 11.0 Å². The van der Waals surface area contributed by atoms with Crippen molar-refractivity contribution in [3.05, 3.63) is 204 Å². The highest BCUT2D eigenvalue weighted by molar-refractivity contribution is 6.11. The van der Waals surface area contributed by atoms with Crippen LogP contribution in [0.4, 0.5) is 17.1 Å². The molecule has 1 heterocycles. The number of rotatable bonds is 5. The number of nitrogens with zero attached hydrogens (tertiary/aromatic N) is 2. The summed E-state index contributed by atoms with van der Waals surface area (Å²) in [5.74, 6) is 0. The highest BCUT2D eigenvalue weighted by atomic mass is 15.1. The molecule has 2 aliphatic rings. The molecule has 0 fully saturated rings. The van der Waals surface area contributed by atoms with E-state index in [-0.39, 0.29) is 10.8 Å². The fourth-order valence-corrected chi connectivity index (χ4v) is 9.90. The molecule has 268 valence electrons. The Bertz CT molecular complexity index is 3000. The molecule has 0 amide bonds. The van der Waals surface area contributed by atoms with Gasteiger partial charge in [0.2, 0.25) is 0 Å². The van der Waals surface area contributed by atoms with Gasteiger partial charge in [0.15, 0.2) is 0 Å². The molecule has 0 atom stereocenters. The van der Waals surface area contributed by atoms with Crippen molar-refractivity contribution in [3.8, 4) is 39.1 Å². The van der Waals surface area contributed by atoms with Gasteiger partial charge in [0, 0.05) is 44.4 Å². The first kappa shape index (κ1) is 32.8. The van der Waals surface area contributed by atoms with Crippen LogP contribution in [0.2, 0.25) is 0 Å². The molecule has 1 aromatic heterocycles. The molecule has 0 saturated heterocycles. The minimum absolute atomic E-state index is 0.0758. The molecule has 0 radical (unpaired) electrons. The third-order valence-electron chi connectivity index (χ3n) is 12.8. The second-order valence-corrected chi connectivity index (χ2v) is 16.6. The monoisotopic (exact) mass is 718 g/mol. The molecule has 0 N–H and O–H groups in total. The van der Waals surface area contributed by atoms with Crippen LogP contribution in [0.5, 0.6) is 0 Å². The summed E-state index contributed by atoms with van der Waals surface area (Å²) in [5, 5.41) is 2.57. The van der Waals surface area contributed by atoms with Crippen LogP contribution >= 0.6 is 0 Å². The maximum absolute atomic E-state index is 2.46. The molecule has 2 nitrogen and oxygen atoms in total. The van der Waals surface area contributed by atoms with Crippen molar-refractivity contribution in [2.24, 2.45) is 0 Å². The molecule has 0 bridgehead atoms. The van der Waals surface area contributed by atoms with Gasteiger partial charge in [-0.05, 0) is 122 Å². The molecule has 0 saturated carbocycles. The quantitative estimate of drug-likeness (QED) is 0.172. The van der Waals surface area contributed by atoms with E-state index in [0.717, 1.165) is 22.7 Å². The molecule has 2 heteroatoms. The van der Waals surface area contributed by atoms with Crippen molar-refractivity contribution in [1.29, 1.82) is 0 Å². The Hall–Kier alpha value is -6.64. The highest BCUT2D eigenvalue weighted by Gasteiger charge is 2.37. The number of fused-ring (bicyclic) bond motifs is 9. The fourth-order valence-electron chi connectivity index (χ4n) is 9.90. The van der Waals surface area contributed by atoms with E-state index in [1.165, 1.54) is 77.4 Å². The number of para-hydroxylation sites is 1. The minimum atomic E-state index is -0.0960. The molecule has 56 heavy (non-hydrogen) atoms. The van der Waals surface area contributed by atoms with Gasteiger partial charge in [-0.3, -0.25) is 0 Å². The zero-order valence-corrected chi connectivity index (χ0v) is 32.2. The summed E-state index contributed by atoms with van der Waals surface area (Å²) in [6.07, 6.45) is 0. The lowest BCUT2D eigenvalue weighted by Gasteiger charge is -2.28. The number of benzene rings is 8. The zero-order valence-electron chi connectivity index (χ0n) is 32.2. The standard InChI is InChI=1S/C54H42N2/c1-53(2)47-19-11-8-16-41(47)43-31-30-40(32-49(43)53)55(37-24-22-36(23-25-37)35-14-6-5-7-15-35)38-26-28-39(29-27-38)56-51-21-13-10-18-44(51)46-33-45-42-17-9-12-20-48(42)54(3,4)50(45)34-52(46)56/h5-34H,1-4H3. The number of hydrogen-bond donors (Lipinski definition) is 0. The molecule has 11 rings (SSSR count). The van der Waals surface area contributed by atoms with Gasteiger partial charge in [-0.1, -0.05) is 143 Å². The number of hydrogen-bond acceptors (Lipinski definition) is 1. The normalized spacial score (nSPS) is 14.4. The summed E-state index contributed by atoms with van der Waals surface area (Å²) in [5.41, 5.74) is 20.2. The van der Waals surface area contributed by atoms with Gasteiger partial charge in [-0.2, -0.15) is 0 Å². The van der Waals surface area contributed by atoms with E-state index < -0.39 is 0 Å². The van der Waals surface area contributed by atoms with Crippen LogP contribution in [0, 0.1) is 0 Å². The van der Waals surface area contributed by atoms with Crippen molar-refractivity contribution in [1.82, 2.24) is 4.57 Å². The van der Waals surface area contributed by atoms with Crippen molar-refractivity contribution in [2.45, 2.75) is 38.5 Å². The van der Waals surface area contributed by atoms with Gasteiger partial charge in [0.1, 0.15) is 0 Å². The average Bonchev–Trinajstić information content (AvgIpc) is 3.77. The van der Waals surface area contributed by atoms with Crippen LogP contribution in [-0.4, -0.2) is 4.57 Å². The molecular formula is C54H42N2. The summed E-state index contributed by atoms with van der Waals surface area (Å²) in [6.45, 7) is 9.45.